The summed E-state index contributed by atoms with van der Waals surface area (Å²) in [7, 11) is 0. The number of benzene rings is 1. The number of carboxylic acids is 1. The summed E-state index contributed by atoms with van der Waals surface area (Å²) >= 11 is 0. The molecule has 0 radical (unpaired) electrons. The quantitative estimate of drug-likeness (QED) is 0.867. The van der Waals surface area contributed by atoms with E-state index in [0.29, 0.717) is 0 Å². The number of aromatic carboxylic acids is 1. The Labute approximate surface area is 94.6 Å². The summed E-state index contributed by atoms with van der Waals surface area (Å²) in [6.45, 7) is 0. The molecule has 0 spiro atoms. The van der Waals surface area contributed by atoms with Gasteiger partial charge >= 0.3 is 5.97 Å². The largest absolute Gasteiger partial charge is 0.477 e. The first kappa shape index (κ1) is 11.1. The molecular weight excluding hydrogens is 230 g/mol. The molecule has 1 aromatic heterocycles. The molecule has 0 saturated carbocycles. The van der Waals surface area contributed by atoms with Crippen molar-refractivity contribution in [1.29, 1.82) is 0 Å². The highest BCUT2D eigenvalue weighted by Crippen LogP contribution is 2.22. The van der Waals surface area contributed by atoms with Crippen LogP contribution in [0.2, 0.25) is 0 Å². The van der Waals surface area contributed by atoms with Gasteiger partial charge in [-0.3, -0.25) is 9.97 Å². The third-order valence-corrected chi connectivity index (χ3v) is 2.11. The minimum atomic E-state index is -1.65. The van der Waals surface area contributed by atoms with Crippen LogP contribution in [0.1, 0.15) is 10.4 Å². The average Bonchev–Trinajstić information content (AvgIpc) is 2.28. The van der Waals surface area contributed by atoms with Crippen molar-refractivity contribution >= 4 is 5.97 Å². The van der Waals surface area contributed by atoms with E-state index in [0.717, 1.165) is 12.1 Å². The Hall–Kier alpha value is -2.37. The number of nitrogens with zero attached hydrogens (tertiary/aromatic N) is 2. The smallest absolute Gasteiger partial charge is 0.341 e. The summed E-state index contributed by atoms with van der Waals surface area (Å²) in [6, 6.07) is 1.83. The van der Waals surface area contributed by atoms with Gasteiger partial charge in [0.05, 0.1) is 11.9 Å². The lowest BCUT2D eigenvalue weighted by Crippen LogP contribution is -2.05. The number of halogens is 2. The van der Waals surface area contributed by atoms with Crippen molar-refractivity contribution in [2.75, 3.05) is 0 Å². The van der Waals surface area contributed by atoms with Gasteiger partial charge in [-0.25, -0.2) is 13.6 Å². The van der Waals surface area contributed by atoms with Gasteiger partial charge in [-0.2, -0.15) is 0 Å². The maximum atomic E-state index is 13.4. The van der Waals surface area contributed by atoms with Gasteiger partial charge in [-0.1, -0.05) is 0 Å². The fourth-order valence-corrected chi connectivity index (χ4v) is 1.37. The van der Waals surface area contributed by atoms with E-state index < -0.39 is 23.2 Å². The maximum Gasteiger partial charge on any atom is 0.341 e. The Bertz CT molecular complexity index is 550. The third-order valence-electron chi connectivity index (χ3n) is 2.11. The number of carboxylic acid groups (broad SMARTS) is 1. The second-order valence-corrected chi connectivity index (χ2v) is 3.21. The molecule has 0 saturated heterocycles. The van der Waals surface area contributed by atoms with E-state index in [1.807, 2.05) is 0 Å². The van der Waals surface area contributed by atoms with Crippen LogP contribution in [0, 0.1) is 11.6 Å². The molecule has 0 bridgehead atoms. The first-order valence-electron chi connectivity index (χ1n) is 4.58. The summed E-state index contributed by atoms with van der Waals surface area (Å²) in [5.74, 6) is -3.93. The van der Waals surface area contributed by atoms with E-state index in [4.69, 9.17) is 5.11 Å². The van der Waals surface area contributed by atoms with Crippen LogP contribution in [0.25, 0.3) is 11.3 Å². The first-order valence-corrected chi connectivity index (χ1v) is 4.58. The Morgan fingerprint density at radius 1 is 1.18 bits per heavy atom. The van der Waals surface area contributed by atoms with Crippen LogP contribution in [0.4, 0.5) is 8.78 Å². The summed E-state index contributed by atoms with van der Waals surface area (Å²) in [5, 5.41) is 8.60. The molecule has 2 aromatic rings. The zero-order valence-electron chi connectivity index (χ0n) is 8.39. The highest BCUT2D eigenvalue weighted by atomic mass is 19.1. The molecule has 1 heterocycles. The van der Waals surface area contributed by atoms with Gasteiger partial charge in [0.1, 0.15) is 17.2 Å². The average molecular weight is 236 g/mol. The third kappa shape index (κ3) is 2.10. The second kappa shape index (κ2) is 4.25. The second-order valence-electron chi connectivity index (χ2n) is 3.21. The lowest BCUT2D eigenvalue weighted by molar-refractivity contribution is 0.0686. The van der Waals surface area contributed by atoms with Crippen molar-refractivity contribution < 1.29 is 18.7 Å². The molecule has 2 rings (SSSR count). The first-order chi connectivity index (χ1) is 8.09. The van der Waals surface area contributed by atoms with Crippen LogP contribution in [-0.4, -0.2) is 21.0 Å². The van der Waals surface area contributed by atoms with Gasteiger partial charge in [0.15, 0.2) is 0 Å². The van der Waals surface area contributed by atoms with E-state index in [1.165, 1.54) is 18.6 Å². The summed E-state index contributed by atoms with van der Waals surface area (Å²) in [5.41, 5.74) is -0.571. The van der Waals surface area contributed by atoms with Crippen molar-refractivity contribution in [2.24, 2.45) is 0 Å². The fraction of sp³-hybridized carbons (Fsp3) is 0. The predicted octanol–water partition coefficient (Wildman–Crippen LogP) is 2.12. The molecule has 0 amide bonds. The zero-order chi connectivity index (χ0) is 12.4. The molecule has 0 aliphatic carbocycles. The van der Waals surface area contributed by atoms with Crippen molar-refractivity contribution in [1.82, 2.24) is 9.97 Å². The Morgan fingerprint density at radius 3 is 2.29 bits per heavy atom. The predicted molar refractivity (Wildman–Crippen MR) is 54.3 cm³/mol. The number of aromatic nitrogens is 2. The van der Waals surface area contributed by atoms with Crippen LogP contribution in [-0.2, 0) is 0 Å². The van der Waals surface area contributed by atoms with E-state index in [1.54, 1.807) is 0 Å². The molecule has 0 aliphatic heterocycles. The number of hydrogen-bond donors (Lipinski definition) is 1. The Morgan fingerprint density at radius 2 is 1.82 bits per heavy atom. The van der Waals surface area contributed by atoms with Gasteiger partial charge in [0.2, 0.25) is 0 Å². The Kier molecular flexibility index (Phi) is 2.78. The minimum Gasteiger partial charge on any atom is -0.477 e. The van der Waals surface area contributed by atoms with Gasteiger partial charge < -0.3 is 5.11 Å². The van der Waals surface area contributed by atoms with Crippen LogP contribution >= 0.6 is 0 Å². The molecule has 86 valence electrons. The maximum absolute atomic E-state index is 13.4. The monoisotopic (exact) mass is 236 g/mol. The number of hydrogen-bond acceptors (Lipinski definition) is 3. The molecule has 1 N–H and O–H groups in total. The highest BCUT2D eigenvalue weighted by Gasteiger charge is 2.18. The fourth-order valence-electron chi connectivity index (χ4n) is 1.37. The van der Waals surface area contributed by atoms with Crippen LogP contribution in [0.5, 0.6) is 0 Å². The van der Waals surface area contributed by atoms with Gasteiger partial charge in [0.25, 0.3) is 0 Å². The van der Waals surface area contributed by atoms with Crippen molar-refractivity contribution in [2.45, 2.75) is 0 Å². The number of rotatable bonds is 2. The van der Waals surface area contributed by atoms with Crippen molar-refractivity contribution in [3.05, 3.63) is 47.9 Å². The Balaban J connectivity index is 2.57. The lowest BCUT2D eigenvalue weighted by Gasteiger charge is -2.04. The van der Waals surface area contributed by atoms with E-state index in [2.05, 4.69) is 9.97 Å². The van der Waals surface area contributed by atoms with Crippen molar-refractivity contribution in [3.63, 3.8) is 0 Å². The van der Waals surface area contributed by atoms with Crippen LogP contribution in [0.3, 0.4) is 0 Å². The SMILES string of the molecule is O=C(O)c1c(F)cc(-c2cnccn2)cc1F. The molecule has 4 nitrogen and oxygen atoms in total. The summed E-state index contributed by atoms with van der Waals surface area (Å²) in [6.07, 6.45) is 4.12. The molecule has 6 heteroatoms. The van der Waals surface area contributed by atoms with E-state index >= 15 is 0 Å². The molecular formula is C11H6F2N2O2. The lowest BCUT2D eigenvalue weighted by atomic mass is 10.1. The van der Waals surface area contributed by atoms with Gasteiger partial charge in [0, 0.05) is 18.0 Å². The standard InChI is InChI=1S/C11H6F2N2O2/c12-7-3-6(9-5-14-1-2-15-9)4-8(13)10(7)11(16)17/h1-5H,(H,16,17). The molecule has 0 unspecified atom stereocenters. The van der Waals surface area contributed by atoms with Crippen molar-refractivity contribution in [3.8, 4) is 11.3 Å². The zero-order valence-corrected chi connectivity index (χ0v) is 8.39. The molecule has 1 aromatic carbocycles. The normalized spacial score (nSPS) is 10.2. The molecule has 17 heavy (non-hydrogen) atoms. The molecule has 0 fully saturated rings. The molecule has 0 aliphatic rings. The van der Waals surface area contributed by atoms with E-state index in [-0.39, 0.29) is 11.3 Å². The van der Waals surface area contributed by atoms with Crippen LogP contribution in [0.15, 0.2) is 30.7 Å². The van der Waals surface area contributed by atoms with Gasteiger partial charge in [-0.05, 0) is 12.1 Å². The minimum absolute atomic E-state index is 0.137. The molecule has 0 atom stereocenters. The topological polar surface area (TPSA) is 63.1 Å². The highest BCUT2D eigenvalue weighted by molar-refractivity contribution is 5.89. The number of carbonyl (C=O) groups is 1. The summed E-state index contributed by atoms with van der Waals surface area (Å²) in [4.78, 5) is 18.2. The van der Waals surface area contributed by atoms with Crippen LogP contribution < -0.4 is 0 Å². The summed E-state index contributed by atoms with van der Waals surface area (Å²) < 4.78 is 26.8. The van der Waals surface area contributed by atoms with E-state index in [9.17, 15) is 13.6 Å². The van der Waals surface area contributed by atoms with Gasteiger partial charge in [-0.15, -0.1) is 0 Å².